The molecule has 2 rings (SSSR count). The molecule has 12 heavy (non-hydrogen) atoms. The van der Waals surface area contributed by atoms with Gasteiger partial charge < -0.3 is 5.11 Å². The van der Waals surface area contributed by atoms with Crippen LogP contribution in [0.25, 0.3) is 10.1 Å². The molecule has 0 amide bonds. The summed E-state index contributed by atoms with van der Waals surface area (Å²) in [6.45, 7) is 1.80. The van der Waals surface area contributed by atoms with E-state index in [4.69, 9.17) is 0 Å². The number of rotatable bonds is 1. The van der Waals surface area contributed by atoms with Gasteiger partial charge in [0.25, 0.3) is 0 Å². The SMILES string of the molecule is CC(O)c1cccc2sccc12. The standard InChI is InChI=1S/C10H10OS/c1-7(11)8-3-2-4-10-9(8)5-6-12-10/h2-7,11H,1H3. The van der Waals surface area contributed by atoms with Crippen LogP contribution in [0.15, 0.2) is 29.6 Å². The van der Waals surface area contributed by atoms with Gasteiger partial charge in [0.15, 0.2) is 0 Å². The Bertz CT molecular complexity index is 389. The summed E-state index contributed by atoms with van der Waals surface area (Å²) in [6, 6.07) is 8.09. The summed E-state index contributed by atoms with van der Waals surface area (Å²) in [5.74, 6) is 0. The third-order valence-electron chi connectivity index (χ3n) is 1.98. The molecule has 1 aromatic heterocycles. The van der Waals surface area contributed by atoms with E-state index in [9.17, 15) is 5.11 Å². The van der Waals surface area contributed by atoms with Crippen LogP contribution in [0.3, 0.4) is 0 Å². The molecule has 0 saturated heterocycles. The maximum absolute atomic E-state index is 9.44. The largest absolute Gasteiger partial charge is 0.389 e. The average Bonchev–Trinajstić information content (AvgIpc) is 2.49. The molecule has 1 aromatic carbocycles. The summed E-state index contributed by atoms with van der Waals surface area (Å²) in [7, 11) is 0. The fourth-order valence-electron chi connectivity index (χ4n) is 1.38. The Morgan fingerprint density at radius 2 is 2.17 bits per heavy atom. The lowest BCUT2D eigenvalue weighted by Crippen LogP contribution is -1.89. The molecule has 0 bridgehead atoms. The Hall–Kier alpha value is -0.860. The molecule has 0 radical (unpaired) electrons. The van der Waals surface area contributed by atoms with E-state index in [-0.39, 0.29) is 6.10 Å². The van der Waals surface area contributed by atoms with Crippen molar-refractivity contribution in [2.24, 2.45) is 0 Å². The highest BCUT2D eigenvalue weighted by molar-refractivity contribution is 7.17. The predicted molar refractivity (Wildman–Crippen MR) is 52.5 cm³/mol. The third kappa shape index (κ3) is 1.13. The molecule has 2 heteroatoms. The number of aliphatic hydroxyl groups is 1. The van der Waals surface area contributed by atoms with Gasteiger partial charge in [0.05, 0.1) is 6.10 Å². The molecule has 1 N–H and O–H groups in total. The average molecular weight is 178 g/mol. The lowest BCUT2D eigenvalue weighted by molar-refractivity contribution is 0.201. The molecule has 0 spiro atoms. The Kier molecular flexibility index (Phi) is 1.87. The zero-order chi connectivity index (χ0) is 8.55. The van der Waals surface area contributed by atoms with Gasteiger partial charge in [-0.2, -0.15) is 0 Å². The molecule has 62 valence electrons. The van der Waals surface area contributed by atoms with Gasteiger partial charge in [-0.15, -0.1) is 11.3 Å². The number of aliphatic hydroxyl groups excluding tert-OH is 1. The molecular weight excluding hydrogens is 168 g/mol. The number of benzene rings is 1. The summed E-state index contributed by atoms with van der Waals surface area (Å²) in [6.07, 6.45) is -0.372. The van der Waals surface area contributed by atoms with E-state index in [0.29, 0.717) is 0 Å². The first-order valence-electron chi connectivity index (χ1n) is 3.93. The van der Waals surface area contributed by atoms with Gasteiger partial charge in [-0.25, -0.2) is 0 Å². The van der Waals surface area contributed by atoms with E-state index in [1.165, 1.54) is 10.1 Å². The molecular formula is C10H10OS. The minimum absolute atomic E-state index is 0.372. The van der Waals surface area contributed by atoms with Crippen LogP contribution in [0.1, 0.15) is 18.6 Å². The topological polar surface area (TPSA) is 20.2 Å². The van der Waals surface area contributed by atoms with Crippen LogP contribution in [0, 0.1) is 0 Å². The normalized spacial score (nSPS) is 13.5. The van der Waals surface area contributed by atoms with Gasteiger partial charge in [0, 0.05) is 4.70 Å². The second-order valence-electron chi connectivity index (χ2n) is 2.86. The number of fused-ring (bicyclic) bond motifs is 1. The maximum Gasteiger partial charge on any atom is 0.0768 e. The van der Waals surface area contributed by atoms with Crippen LogP contribution in [0.5, 0.6) is 0 Å². The summed E-state index contributed by atoms with van der Waals surface area (Å²) < 4.78 is 1.24. The summed E-state index contributed by atoms with van der Waals surface area (Å²) in [5, 5.41) is 12.7. The van der Waals surface area contributed by atoms with Crippen molar-refractivity contribution in [2.45, 2.75) is 13.0 Å². The molecule has 0 fully saturated rings. The highest BCUT2D eigenvalue weighted by Crippen LogP contribution is 2.27. The zero-order valence-corrected chi connectivity index (χ0v) is 7.64. The van der Waals surface area contributed by atoms with E-state index in [1.807, 2.05) is 12.1 Å². The van der Waals surface area contributed by atoms with E-state index >= 15 is 0 Å². The number of hydrogen-bond donors (Lipinski definition) is 1. The summed E-state index contributed by atoms with van der Waals surface area (Å²) >= 11 is 1.71. The van der Waals surface area contributed by atoms with Gasteiger partial charge in [0.2, 0.25) is 0 Å². The molecule has 0 aliphatic carbocycles. The fraction of sp³-hybridized carbons (Fsp3) is 0.200. The molecule has 1 heterocycles. The van der Waals surface area contributed by atoms with Crippen LogP contribution in [-0.2, 0) is 0 Å². The smallest absolute Gasteiger partial charge is 0.0768 e. The quantitative estimate of drug-likeness (QED) is 0.711. The summed E-state index contributed by atoms with van der Waals surface area (Å²) in [4.78, 5) is 0. The van der Waals surface area contributed by atoms with E-state index < -0.39 is 0 Å². The molecule has 1 atom stereocenters. The lowest BCUT2D eigenvalue weighted by atomic mass is 10.1. The highest BCUT2D eigenvalue weighted by Gasteiger charge is 2.05. The van der Waals surface area contributed by atoms with E-state index in [1.54, 1.807) is 18.3 Å². The molecule has 1 unspecified atom stereocenters. The first-order chi connectivity index (χ1) is 5.79. The Labute approximate surface area is 75.3 Å². The second kappa shape index (κ2) is 2.88. The van der Waals surface area contributed by atoms with Crippen molar-refractivity contribution in [1.82, 2.24) is 0 Å². The van der Waals surface area contributed by atoms with Crippen molar-refractivity contribution < 1.29 is 5.11 Å². The first-order valence-corrected chi connectivity index (χ1v) is 4.81. The Morgan fingerprint density at radius 1 is 1.33 bits per heavy atom. The second-order valence-corrected chi connectivity index (χ2v) is 3.80. The van der Waals surface area contributed by atoms with Crippen LogP contribution in [0.2, 0.25) is 0 Å². The molecule has 0 aliphatic heterocycles. The van der Waals surface area contributed by atoms with Gasteiger partial charge in [-0.05, 0) is 35.4 Å². The number of thiophene rings is 1. The highest BCUT2D eigenvalue weighted by atomic mass is 32.1. The molecule has 0 aliphatic rings. The third-order valence-corrected chi connectivity index (χ3v) is 2.86. The van der Waals surface area contributed by atoms with Gasteiger partial charge in [-0.3, -0.25) is 0 Å². The van der Waals surface area contributed by atoms with Crippen LogP contribution in [0.4, 0.5) is 0 Å². The minimum atomic E-state index is -0.372. The van der Waals surface area contributed by atoms with Gasteiger partial charge in [0.1, 0.15) is 0 Å². The van der Waals surface area contributed by atoms with Crippen LogP contribution in [-0.4, -0.2) is 5.11 Å². The van der Waals surface area contributed by atoms with Crippen LogP contribution < -0.4 is 0 Å². The Morgan fingerprint density at radius 3 is 2.92 bits per heavy atom. The van der Waals surface area contributed by atoms with Crippen molar-refractivity contribution >= 4 is 21.4 Å². The molecule has 2 aromatic rings. The van der Waals surface area contributed by atoms with Crippen LogP contribution >= 0.6 is 11.3 Å². The van der Waals surface area contributed by atoms with Gasteiger partial charge >= 0.3 is 0 Å². The maximum atomic E-state index is 9.44. The van der Waals surface area contributed by atoms with Gasteiger partial charge in [-0.1, -0.05) is 12.1 Å². The zero-order valence-electron chi connectivity index (χ0n) is 6.82. The van der Waals surface area contributed by atoms with Crippen molar-refractivity contribution in [1.29, 1.82) is 0 Å². The molecule has 1 nitrogen and oxygen atoms in total. The predicted octanol–water partition coefficient (Wildman–Crippen LogP) is 2.95. The van der Waals surface area contributed by atoms with E-state index in [0.717, 1.165) is 5.56 Å². The molecule has 0 saturated carbocycles. The lowest BCUT2D eigenvalue weighted by Gasteiger charge is -2.04. The van der Waals surface area contributed by atoms with Crippen molar-refractivity contribution in [3.63, 3.8) is 0 Å². The number of hydrogen-bond acceptors (Lipinski definition) is 2. The van der Waals surface area contributed by atoms with E-state index in [2.05, 4.69) is 17.5 Å². The Balaban J connectivity index is 2.73. The first kappa shape index (κ1) is 7.77. The van der Waals surface area contributed by atoms with Crippen molar-refractivity contribution in [2.75, 3.05) is 0 Å². The monoisotopic (exact) mass is 178 g/mol. The van der Waals surface area contributed by atoms with Crippen molar-refractivity contribution in [3.05, 3.63) is 35.2 Å². The minimum Gasteiger partial charge on any atom is -0.389 e. The van der Waals surface area contributed by atoms with Crippen molar-refractivity contribution in [3.8, 4) is 0 Å². The summed E-state index contributed by atoms with van der Waals surface area (Å²) in [5.41, 5.74) is 1.02. The fourth-order valence-corrected chi connectivity index (χ4v) is 2.20.